The van der Waals surface area contributed by atoms with Crippen LogP contribution in [-0.2, 0) is 15.6 Å². The molecule has 132 valence electrons. The van der Waals surface area contributed by atoms with E-state index in [-0.39, 0.29) is 17.6 Å². The van der Waals surface area contributed by atoms with E-state index in [0.717, 1.165) is 5.75 Å². The Morgan fingerprint density at radius 1 is 0.917 bits per heavy atom. The van der Waals surface area contributed by atoms with Crippen LogP contribution in [-0.4, -0.2) is 13.9 Å². The van der Waals surface area contributed by atoms with Crippen molar-refractivity contribution in [2.75, 3.05) is 13.9 Å². The van der Waals surface area contributed by atoms with Crippen LogP contribution in [0.25, 0.3) is 6.08 Å². The van der Waals surface area contributed by atoms with Crippen molar-refractivity contribution >= 4 is 29.6 Å². The van der Waals surface area contributed by atoms with Gasteiger partial charge in [-0.25, -0.2) is 0 Å². The Bertz CT molecular complexity index is 602. The minimum Gasteiger partial charge on any atom is -0.467 e. The van der Waals surface area contributed by atoms with Crippen LogP contribution >= 0.6 is 23.5 Å². The second-order valence-electron chi connectivity index (χ2n) is 7.97. The SMILES string of the molecule is COCOc1c(C(C)(C)C)cc(C=C2SC=CS2)cc1C(C)(C)C. The highest BCUT2D eigenvalue weighted by Gasteiger charge is 2.27. The molecule has 0 saturated heterocycles. The van der Waals surface area contributed by atoms with Gasteiger partial charge in [0.15, 0.2) is 6.79 Å². The van der Waals surface area contributed by atoms with Crippen LogP contribution in [0.1, 0.15) is 58.2 Å². The Morgan fingerprint density at radius 2 is 1.42 bits per heavy atom. The Balaban J connectivity index is 2.62. The summed E-state index contributed by atoms with van der Waals surface area (Å²) in [5.74, 6) is 0.962. The average molecular weight is 365 g/mol. The van der Waals surface area contributed by atoms with Crippen LogP contribution in [0.5, 0.6) is 5.75 Å². The number of benzene rings is 1. The van der Waals surface area contributed by atoms with E-state index in [2.05, 4.69) is 70.6 Å². The fraction of sp³-hybridized carbons (Fsp3) is 0.500. The van der Waals surface area contributed by atoms with E-state index in [0.29, 0.717) is 0 Å². The highest BCUT2D eigenvalue weighted by Crippen LogP contribution is 2.43. The molecular formula is C20H28O2S2. The fourth-order valence-corrected chi connectivity index (χ4v) is 4.22. The van der Waals surface area contributed by atoms with Gasteiger partial charge in [0.05, 0.1) is 0 Å². The smallest absolute Gasteiger partial charge is 0.188 e. The lowest BCUT2D eigenvalue weighted by Gasteiger charge is -2.30. The second kappa shape index (κ2) is 7.59. The summed E-state index contributed by atoms with van der Waals surface area (Å²) in [6.07, 6.45) is 2.26. The number of ether oxygens (including phenoxy) is 2. The zero-order chi connectivity index (χ0) is 18.0. The lowest BCUT2D eigenvalue weighted by molar-refractivity contribution is 0.0484. The Kier molecular flexibility index (Phi) is 6.16. The molecule has 4 heteroatoms. The second-order valence-corrected chi connectivity index (χ2v) is 10.1. The van der Waals surface area contributed by atoms with Gasteiger partial charge in [0.2, 0.25) is 0 Å². The Labute approximate surface area is 155 Å². The van der Waals surface area contributed by atoms with E-state index in [1.54, 1.807) is 30.6 Å². The molecule has 0 spiro atoms. The molecule has 1 heterocycles. The minimum atomic E-state index is -0.00813. The van der Waals surface area contributed by atoms with Gasteiger partial charge in [-0.15, -0.1) is 0 Å². The van der Waals surface area contributed by atoms with E-state index in [9.17, 15) is 0 Å². The monoisotopic (exact) mass is 364 g/mol. The zero-order valence-electron chi connectivity index (χ0n) is 15.7. The standard InChI is InChI=1S/C20H28O2S2/c1-19(2,3)15-10-14(12-17-23-8-9-24-17)11-16(20(4,5)6)18(15)22-13-21-7/h8-12H,13H2,1-7H3. The number of thioether (sulfide) groups is 2. The van der Waals surface area contributed by atoms with Crippen molar-refractivity contribution in [3.8, 4) is 5.75 Å². The van der Waals surface area contributed by atoms with Gasteiger partial charge >= 0.3 is 0 Å². The van der Waals surface area contributed by atoms with E-state index in [1.165, 1.54) is 20.9 Å². The molecule has 1 aromatic rings. The molecule has 0 aliphatic carbocycles. The molecule has 0 bridgehead atoms. The van der Waals surface area contributed by atoms with E-state index in [1.807, 2.05) is 0 Å². The van der Waals surface area contributed by atoms with Crippen LogP contribution in [0.15, 0.2) is 27.2 Å². The highest BCUT2D eigenvalue weighted by molar-refractivity contribution is 8.27. The van der Waals surface area contributed by atoms with Crippen molar-refractivity contribution in [2.24, 2.45) is 0 Å². The lowest BCUT2D eigenvalue weighted by Crippen LogP contribution is -2.20. The van der Waals surface area contributed by atoms with Crippen molar-refractivity contribution in [1.29, 1.82) is 0 Å². The largest absolute Gasteiger partial charge is 0.467 e. The van der Waals surface area contributed by atoms with Crippen LogP contribution in [0.3, 0.4) is 0 Å². The molecule has 0 N–H and O–H groups in total. The van der Waals surface area contributed by atoms with Gasteiger partial charge in [-0.1, -0.05) is 65.1 Å². The van der Waals surface area contributed by atoms with Crippen molar-refractivity contribution < 1.29 is 9.47 Å². The summed E-state index contributed by atoms with van der Waals surface area (Å²) >= 11 is 3.55. The summed E-state index contributed by atoms with van der Waals surface area (Å²) in [4.78, 5) is 0. The van der Waals surface area contributed by atoms with E-state index < -0.39 is 0 Å². The van der Waals surface area contributed by atoms with Gasteiger partial charge in [0, 0.05) is 22.5 Å². The Morgan fingerprint density at radius 3 is 1.83 bits per heavy atom. The predicted molar refractivity (Wildman–Crippen MR) is 109 cm³/mol. The van der Waals surface area contributed by atoms with Crippen LogP contribution in [0, 0.1) is 0 Å². The summed E-state index contributed by atoms with van der Waals surface area (Å²) in [6.45, 7) is 13.6. The van der Waals surface area contributed by atoms with Crippen molar-refractivity contribution in [3.63, 3.8) is 0 Å². The third-order valence-electron chi connectivity index (χ3n) is 3.76. The van der Waals surface area contributed by atoms with Gasteiger partial charge in [0.1, 0.15) is 5.75 Å². The molecule has 0 saturated carbocycles. The molecule has 2 rings (SSSR count). The summed E-state index contributed by atoms with van der Waals surface area (Å²) in [7, 11) is 1.66. The topological polar surface area (TPSA) is 18.5 Å². The maximum Gasteiger partial charge on any atom is 0.188 e. The maximum absolute atomic E-state index is 6.03. The van der Waals surface area contributed by atoms with E-state index >= 15 is 0 Å². The maximum atomic E-state index is 6.03. The van der Waals surface area contributed by atoms with Crippen LogP contribution in [0.2, 0.25) is 0 Å². The Hall–Kier alpha value is -0.840. The van der Waals surface area contributed by atoms with Crippen molar-refractivity contribution in [2.45, 2.75) is 52.4 Å². The molecule has 0 fully saturated rings. The van der Waals surface area contributed by atoms with Crippen molar-refractivity contribution in [3.05, 3.63) is 43.9 Å². The number of hydrogen-bond acceptors (Lipinski definition) is 4. The molecule has 0 unspecified atom stereocenters. The number of methoxy groups -OCH3 is 1. The first-order valence-electron chi connectivity index (χ1n) is 8.13. The van der Waals surface area contributed by atoms with Gasteiger partial charge in [-0.2, -0.15) is 0 Å². The van der Waals surface area contributed by atoms with Gasteiger partial charge in [0.25, 0.3) is 0 Å². The molecule has 1 aliphatic heterocycles. The van der Waals surface area contributed by atoms with Crippen LogP contribution < -0.4 is 4.74 Å². The first-order valence-corrected chi connectivity index (χ1v) is 9.89. The molecule has 0 atom stereocenters. The summed E-state index contributed by atoms with van der Waals surface area (Å²) in [5, 5.41) is 4.25. The summed E-state index contributed by atoms with van der Waals surface area (Å²) in [5.41, 5.74) is 3.66. The molecule has 0 amide bonds. The number of hydrogen-bond donors (Lipinski definition) is 0. The van der Waals surface area contributed by atoms with Gasteiger partial charge in [-0.3, -0.25) is 0 Å². The number of rotatable bonds is 4. The van der Waals surface area contributed by atoms with Crippen LogP contribution in [0.4, 0.5) is 0 Å². The highest BCUT2D eigenvalue weighted by atomic mass is 32.2. The first kappa shape index (κ1) is 19.5. The first-order chi connectivity index (χ1) is 11.1. The van der Waals surface area contributed by atoms with Gasteiger partial charge in [-0.05, 0) is 45.4 Å². The third kappa shape index (κ3) is 4.84. The summed E-state index contributed by atoms with van der Waals surface area (Å²) in [6, 6.07) is 4.51. The van der Waals surface area contributed by atoms with Crippen molar-refractivity contribution in [1.82, 2.24) is 0 Å². The van der Waals surface area contributed by atoms with Gasteiger partial charge < -0.3 is 9.47 Å². The minimum absolute atomic E-state index is 0.00813. The lowest BCUT2D eigenvalue weighted by atomic mass is 9.78. The molecule has 0 aromatic heterocycles. The average Bonchev–Trinajstić information content (AvgIpc) is 2.96. The quantitative estimate of drug-likeness (QED) is 0.566. The molecule has 1 aliphatic rings. The zero-order valence-corrected chi connectivity index (χ0v) is 17.4. The molecule has 24 heavy (non-hydrogen) atoms. The third-order valence-corrected chi connectivity index (χ3v) is 5.75. The molecule has 0 radical (unpaired) electrons. The molecule has 1 aromatic carbocycles. The normalized spacial score (nSPS) is 15.0. The summed E-state index contributed by atoms with van der Waals surface area (Å²) < 4.78 is 12.5. The molecular weight excluding hydrogens is 336 g/mol. The fourth-order valence-electron chi connectivity index (χ4n) is 2.54. The van der Waals surface area contributed by atoms with E-state index in [4.69, 9.17) is 9.47 Å². The molecule has 2 nitrogen and oxygen atoms in total. The predicted octanol–water partition coefficient (Wildman–Crippen LogP) is 6.51.